The van der Waals surface area contributed by atoms with Gasteiger partial charge in [-0.1, -0.05) is 35.4 Å². The molecule has 0 fully saturated rings. The molecule has 1 aliphatic heterocycles. The zero-order chi connectivity index (χ0) is 15.4. The van der Waals surface area contributed by atoms with Crippen LogP contribution in [0.15, 0.2) is 47.4 Å². The van der Waals surface area contributed by atoms with Gasteiger partial charge in [0, 0.05) is 0 Å². The molecule has 1 aliphatic rings. The smallest absolute Gasteiger partial charge is 0.256 e. The van der Waals surface area contributed by atoms with Gasteiger partial charge in [0.05, 0.1) is 16.1 Å². The highest BCUT2D eigenvalue weighted by Gasteiger charge is 2.48. The van der Waals surface area contributed by atoms with Crippen molar-refractivity contribution in [3.8, 4) is 0 Å². The van der Waals surface area contributed by atoms with Gasteiger partial charge < -0.3 is 0 Å². The Morgan fingerprint density at radius 1 is 0.905 bits per heavy atom. The van der Waals surface area contributed by atoms with Gasteiger partial charge in [-0.3, -0.25) is 4.31 Å². The number of hydrogen-bond donors (Lipinski definition) is 0. The van der Waals surface area contributed by atoms with Crippen molar-refractivity contribution in [3.63, 3.8) is 0 Å². The van der Waals surface area contributed by atoms with E-state index in [1.54, 1.807) is 6.07 Å². The highest BCUT2D eigenvalue weighted by Crippen LogP contribution is 2.46. The summed E-state index contributed by atoms with van der Waals surface area (Å²) in [6.07, 6.45) is 0. The van der Waals surface area contributed by atoms with Crippen molar-refractivity contribution in [2.24, 2.45) is 0 Å². The second-order valence-corrected chi connectivity index (χ2v) is 7.92. The molecule has 0 atom stereocenters. The normalized spacial score (nSPS) is 18.6. The quantitative estimate of drug-likeness (QED) is 0.804. The molecule has 0 unspecified atom stereocenters. The number of fused-ring (bicyclic) bond motifs is 1. The molecule has 0 spiro atoms. The fourth-order valence-corrected chi connectivity index (χ4v) is 5.12. The van der Waals surface area contributed by atoms with Gasteiger partial charge in [-0.15, -0.1) is 0 Å². The lowest BCUT2D eigenvalue weighted by Crippen LogP contribution is -2.39. The van der Waals surface area contributed by atoms with E-state index < -0.39 is 15.6 Å². The van der Waals surface area contributed by atoms with Crippen molar-refractivity contribution in [2.45, 2.75) is 38.1 Å². The van der Waals surface area contributed by atoms with Crippen LogP contribution in [0.3, 0.4) is 0 Å². The molecule has 1 heterocycles. The van der Waals surface area contributed by atoms with Crippen LogP contribution in [0.1, 0.15) is 30.5 Å². The van der Waals surface area contributed by atoms with Crippen LogP contribution in [-0.2, 0) is 15.6 Å². The van der Waals surface area contributed by atoms with Crippen molar-refractivity contribution < 1.29 is 8.42 Å². The molecule has 0 amide bonds. The molecule has 0 saturated carbocycles. The Kier molecular flexibility index (Phi) is 2.92. The molecule has 21 heavy (non-hydrogen) atoms. The Labute approximate surface area is 126 Å². The summed E-state index contributed by atoms with van der Waals surface area (Å²) < 4.78 is 27.4. The minimum absolute atomic E-state index is 0.415. The molecular formula is C17H19NO2S. The van der Waals surface area contributed by atoms with Crippen LogP contribution >= 0.6 is 0 Å². The Bertz CT molecular complexity index is 805. The van der Waals surface area contributed by atoms with Gasteiger partial charge in [0.1, 0.15) is 0 Å². The monoisotopic (exact) mass is 301 g/mol. The van der Waals surface area contributed by atoms with E-state index in [9.17, 15) is 8.42 Å². The third kappa shape index (κ3) is 1.97. The number of sulfonamides is 1. The first-order valence-electron chi connectivity index (χ1n) is 6.98. The minimum atomic E-state index is -3.50. The van der Waals surface area contributed by atoms with E-state index in [1.165, 1.54) is 4.31 Å². The number of benzene rings is 2. The number of aryl methyl sites for hydroxylation is 2. The topological polar surface area (TPSA) is 37.4 Å². The first-order chi connectivity index (χ1) is 9.74. The largest absolute Gasteiger partial charge is 0.265 e. The first-order valence-corrected chi connectivity index (χ1v) is 8.42. The zero-order valence-corrected chi connectivity index (χ0v) is 13.5. The minimum Gasteiger partial charge on any atom is -0.256 e. The zero-order valence-electron chi connectivity index (χ0n) is 12.7. The maximum absolute atomic E-state index is 12.9. The number of nitrogens with zero attached hydrogens (tertiary/aromatic N) is 1. The van der Waals surface area contributed by atoms with Crippen LogP contribution in [0, 0.1) is 13.8 Å². The van der Waals surface area contributed by atoms with Crippen LogP contribution in [0.25, 0.3) is 0 Å². The number of rotatable bonds is 1. The second-order valence-electron chi connectivity index (χ2n) is 6.16. The molecule has 0 saturated heterocycles. The molecule has 2 aromatic rings. The second kappa shape index (κ2) is 4.34. The molecule has 0 aromatic heterocycles. The Hall–Kier alpha value is -1.81. The SMILES string of the molecule is Cc1ccc(N2C(C)(C)c3cc(C)ccc3S2(=O)=O)cc1. The fraction of sp³-hybridized carbons (Fsp3) is 0.294. The number of hydrogen-bond acceptors (Lipinski definition) is 2. The molecular weight excluding hydrogens is 282 g/mol. The fourth-order valence-electron chi connectivity index (χ4n) is 3.00. The van der Waals surface area contributed by atoms with Crippen molar-refractivity contribution in [1.29, 1.82) is 0 Å². The van der Waals surface area contributed by atoms with Gasteiger partial charge in [-0.05, 0) is 51.5 Å². The van der Waals surface area contributed by atoms with Crippen molar-refractivity contribution in [2.75, 3.05) is 4.31 Å². The van der Waals surface area contributed by atoms with Crippen molar-refractivity contribution in [3.05, 3.63) is 59.2 Å². The molecule has 0 N–H and O–H groups in total. The summed E-state index contributed by atoms with van der Waals surface area (Å²) in [4.78, 5) is 0.415. The average Bonchev–Trinajstić information content (AvgIpc) is 2.55. The lowest BCUT2D eigenvalue weighted by atomic mass is 9.92. The predicted molar refractivity (Wildman–Crippen MR) is 85.0 cm³/mol. The molecule has 3 nitrogen and oxygen atoms in total. The first kappa shape index (κ1) is 14.1. The molecule has 0 aliphatic carbocycles. The lowest BCUT2D eigenvalue weighted by Gasteiger charge is -2.32. The van der Waals surface area contributed by atoms with E-state index >= 15 is 0 Å². The molecule has 3 rings (SSSR count). The van der Waals surface area contributed by atoms with E-state index in [4.69, 9.17) is 0 Å². The standard InChI is InChI=1S/C17H19NO2S/c1-12-5-8-14(9-6-12)18-17(3,4)15-11-13(2)7-10-16(15)21(18,19)20/h5-11H,1-4H3. The predicted octanol–water partition coefficient (Wildman–Crippen LogP) is 3.75. The van der Waals surface area contributed by atoms with Gasteiger partial charge in [-0.2, -0.15) is 0 Å². The summed E-state index contributed by atoms with van der Waals surface area (Å²) >= 11 is 0. The Morgan fingerprint density at radius 2 is 1.48 bits per heavy atom. The summed E-state index contributed by atoms with van der Waals surface area (Å²) in [5, 5.41) is 0. The van der Waals surface area contributed by atoms with Crippen LogP contribution in [0.5, 0.6) is 0 Å². The molecule has 110 valence electrons. The highest BCUT2D eigenvalue weighted by atomic mass is 32.2. The summed E-state index contributed by atoms with van der Waals surface area (Å²) in [6.45, 7) is 7.88. The lowest BCUT2D eigenvalue weighted by molar-refractivity contribution is 0.543. The average molecular weight is 301 g/mol. The van der Waals surface area contributed by atoms with E-state index in [0.29, 0.717) is 10.6 Å². The summed E-state index contributed by atoms with van der Waals surface area (Å²) in [5.74, 6) is 0. The van der Waals surface area contributed by atoms with Crippen LogP contribution < -0.4 is 4.31 Å². The van der Waals surface area contributed by atoms with Gasteiger partial charge in [0.2, 0.25) is 0 Å². The van der Waals surface area contributed by atoms with E-state index in [1.807, 2.05) is 64.1 Å². The molecule has 0 radical (unpaired) electrons. The van der Waals surface area contributed by atoms with Crippen molar-refractivity contribution in [1.82, 2.24) is 0 Å². The third-order valence-corrected chi connectivity index (χ3v) is 6.15. The van der Waals surface area contributed by atoms with Crippen molar-refractivity contribution >= 4 is 15.7 Å². The Morgan fingerprint density at radius 3 is 2.10 bits per heavy atom. The van der Waals surface area contributed by atoms with Gasteiger partial charge in [0.25, 0.3) is 10.0 Å². The maximum atomic E-state index is 12.9. The molecule has 4 heteroatoms. The highest BCUT2D eigenvalue weighted by molar-refractivity contribution is 7.93. The van der Waals surface area contributed by atoms with Gasteiger partial charge in [-0.25, -0.2) is 8.42 Å². The van der Waals surface area contributed by atoms with E-state index in [0.717, 1.165) is 16.7 Å². The maximum Gasteiger partial charge on any atom is 0.265 e. The van der Waals surface area contributed by atoms with Crippen LogP contribution in [-0.4, -0.2) is 8.42 Å². The molecule has 2 aromatic carbocycles. The summed E-state index contributed by atoms with van der Waals surface area (Å²) in [5.41, 5.74) is 3.17. The Balaban J connectivity index is 2.26. The summed E-state index contributed by atoms with van der Waals surface area (Å²) in [7, 11) is -3.50. The van der Waals surface area contributed by atoms with Crippen LogP contribution in [0.2, 0.25) is 0 Å². The van der Waals surface area contributed by atoms with Gasteiger partial charge >= 0.3 is 0 Å². The molecule has 0 bridgehead atoms. The third-order valence-electron chi connectivity index (χ3n) is 4.09. The van der Waals surface area contributed by atoms with E-state index in [-0.39, 0.29) is 0 Å². The van der Waals surface area contributed by atoms with E-state index in [2.05, 4.69) is 0 Å². The van der Waals surface area contributed by atoms with Crippen LogP contribution in [0.4, 0.5) is 5.69 Å². The number of anilines is 1. The van der Waals surface area contributed by atoms with Gasteiger partial charge in [0.15, 0.2) is 0 Å². The summed E-state index contributed by atoms with van der Waals surface area (Å²) in [6, 6.07) is 13.2.